The molecule has 0 aromatic heterocycles. The third kappa shape index (κ3) is 5.38. The van der Waals surface area contributed by atoms with Crippen molar-refractivity contribution in [2.45, 2.75) is 0 Å². The number of benzene rings is 2. The Balaban J connectivity index is 0.000000346. The summed E-state index contributed by atoms with van der Waals surface area (Å²) in [6.07, 6.45) is 1.89. The molecule has 0 amide bonds. The second-order valence-corrected chi connectivity index (χ2v) is 3.92. The van der Waals surface area contributed by atoms with Gasteiger partial charge in [-0.1, -0.05) is 71.0 Å². The normalized spacial score (nSPS) is 10.2. The fourth-order valence-corrected chi connectivity index (χ4v) is 1.50. The average molecular weight is 298 g/mol. The first-order valence-electron chi connectivity index (χ1n) is 6.23. The molecule has 0 aliphatic rings. The van der Waals surface area contributed by atoms with Crippen molar-refractivity contribution >= 4 is 24.0 Å². The van der Waals surface area contributed by atoms with E-state index in [0.717, 1.165) is 12.4 Å². The summed E-state index contributed by atoms with van der Waals surface area (Å²) in [6.45, 7) is 0. The van der Waals surface area contributed by atoms with E-state index >= 15 is 0 Å². The lowest BCUT2D eigenvalue weighted by atomic mass is 10.0. The van der Waals surface area contributed by atoms with E-state index < -0.39 is 11.6 Å². The molecule has 2 rings (SSSR count). The van der Waals surface area contributed by atoms with Gasteiger partial charge in [0.1, 0.15) is 0 Å². The zero-order chi connectivity index (χ0) is 16.2. The maximum absolute atomic E-state index is 11.8. The van der Waals surface area contributed by atoms with E-state index in [4.69, 9.17) is 10.4 Å². The lowest BCUT2D eigenvalue weighted by Gasteiger charge is -1.99. The number of hydrogen-bond acceptors (Lipinski definition) is 6. The van der Waals surface area contributed by atoms with Crippen molar-refractivity contribution in [2.75, 3.05) is 0 Å². The standard InChI is InChI=1S/C14H10O2.C2H4N2O2/c15-13(11-7-3-1-4-8-11)14(16)12-9-5-2-6-10-12;5-3-1-2-4-6/h1-10H;1-2,5-6H/b;3-1-,4-2-. The van der Waals surface area contributed by atoms with E-state index in [0.29, 0.717) is 11.1 Å². The quantitative estimate of drug-likeness (QED) is 0.298. The van der Waals surface area contributed by atoms with Crippen molar-refractivity contribution in [2.24, 2.45) is 10.3 Å². The van der Waals surface area contributed by atoms with Crippen molar-refractivity contribution in [1.82, 2.24) is 0 Å². The highest BCUT2D eigenvalue weighted by atomic mass is 16.4. The molecule has 0 fully saturated rings. The number of rotatable bonds is 4. The Kier molecular flexibility index (Phi) is 7.32. The number of hydrogen-bond donors (Lipinski definition) is 2. The molecule has 0 atom stereocenters. The lowest BCUT2D eigenvalue weighted by molar-refractivity contribution is 0.0817. The van der Waals surface area contributed by atoms with Crippen LogP contribution in [-0.4, -0.2) is 34.4 Å². The summed E-state index contributed by atoms with van der Waals surface area (Å²) in [5, 5.41) is 20.1. The molecule has 0 aliphatic heterocycles. The number of Topliss-reactive ketones (excluding diaryl/α,β-unsaturated/α-hetero) is 2. The van der Waals surface area contributed by atoms with Crippen molar-refractivity contribution in [3.63, 3.8) is 0 Å². The van der Waals surface area contributed by atoms with Crippen LogP contribution in [0.3, 0.4) is 0 Å². The summed E-state index contributed by atoms with van der Waals surface area (Å²) in [7, 11) is 0. The van der Waals surface area contributed by atoms with Crippen LogP contribution in [0.4, 0.5) is 0 Å². The van der Waals surface area contributed by atoms with Gasteiger partial charge in [-0.25, -0.2) is 0 Å². The third-order valence-corrected chi connectivity index (χ3v) is 2.48. The molecule has 0 heterocycles. The van der Waals surface area contributed by atoms with Crippen LogP contribution < -0.4 is 0 Å². The van der Waals surface area contributed by atoms with Crippen LogP contribution in [0, 0.1) is 0 Å². The van der Waals surface area contributed by atoms with Gasteiger partial charge in [-0.15, -0.1) is 0 Å². The first kappa shape index (κ1) is 16.8. The molecule has 0 radical (unpaired) electrons. The molecule has 0 saturated heterocycles. The maximum Gasteiger partial charge on any atom is 0.233 e. The van der Waals surface area contributed by atoms with Gasteiger partial charge in [0.25, 0.3) is 0 Å². The number of ketones is 2. The van der Waals surface area contributed by atoms with Crippen LogP contribution in [0.2, 0.25) is 0 Å². The summed E-state index contributed by atoms with van der Waals surface area (Å²) >= 11 is 0. The highest BCUT2D eigenvalue weighted by Gasteiger charge is 2.16. The van der Waals surface area contributed by atoms with Crippen molar-refractivity contribution in [3.8, 4) is 0 Å². The van der Waals surface area contributed by atoms with Crippen LogP contribution in [0.25, 0.3) is 0 Å². The van der Waals surface area contributed by atoms with Crippen LogP contribution >= 0.6 is 0 Å². The number of nitrogens with zero attached hydrogens (tertiary/aromatic N) is 2. The Bertz CT molecular complexity index is 593. The molecular formula is C16H14N2O4. The fourth-order valence-electron chi connectivity index (χ4n) is 1.50. The van der Waals surface area contributed by atoms with Gasteiger partial charge >= 0.3 is 0 Å². The second-order valence-electron chi connectivity index (χ2n) is 3.92. The maximum atomic E-state index is 11.8. The van der Waals surface area contributed by atoms with Gasteiger partial charge in [-0.2, -0.15) is 0 Å². The Hall–Kier alpha value is -3.28. The van der Waals surface area contributed by atoms with E-state index in [9.17, 15) is 9.59 Å². The van der Waals surface area contributed by atoms with Crippen LogP contribution in [0.1, 0.15) is 20.7 Å². The van der Waals surface area contributed by atoms with Crippen LogP contribution in [0.15, 0.2) is 71.0 Å². The predicted octanol–water partition coefficient (Wildman–Crippen LogP) is 2.66. The molecule has 0 aliphatic carbocycles. The van der Waals surface area contributed by atoms with Crippen molar-refractivity contribution in [1.29, 1.82) is 0 Å². The smallest absolute Gasteiger partial charge is 0.233 e. The number of carbonyl (C=O) groups is 2. The Morgan fingerprint density at radius 2 is 1.00 bits per heavy atom. The summed E-state index contributed by atoms with van der Waals surface area (Å²) in [5.74, 6) is -0.932. The molecule has 112 valence electrons. The second kappa shape index (κ2) is 9.60. The fraction of sp³-hybridized carbons (Fsp3) is 0. The van der Waals surface area contributed by atoms with Gasteiger partial charge < -0.3 is 10.4 Å². The molecule has 0 unspecified atom stereocenters. The highest BCUT2D eigenvalue weighted by molar-refractivity contribution is 6.49. The molecule has 6 nitrogen and oxygen atoms in total. The van der Waals surface area contributed by atoms with Gasteiger partial charge in [-0.05, 0) is 0 Å². The van der Waals surface area contributed by atoms with Crippen LogP contribution in [-0.2, 0) is 0 Å². The molecule has 2 aromatic rings. The molecule has 22 heavy (non-hydrogen) atoms. The number of oxime groups is 2. The topological polar surface area (TPSA) is 99.3 Å². The molecule has 0 spiro atoms. The molecular weight excluding hydrogens is 284 g/mol. The predicted molar refractivity (Wildman–Crippen MR) is 82.1 cm³/mol. The molecule has 2 aromatic carbocycles. The van der Waals surface area contributed by atoms with Crippen LogP contribution in [0.5, 0.6) is 0 Å². The van der Waals surface area contributed by atoms with E-state index in [-0.39, 0.29) is 0 Å². The molecule has 2 N–H and O–H groups in total. The largest absolute Gasteiger partial charge is 0.411 e. The van der Waals surface area contributed by atoms with Gasteiger partial charge in [0.15, 0.2) is 0 Å². The molecule has 0 bridgehead atoms. The molecule has 0 saturated carbocycles. The van der Waals surface area contributed by atoms with Gasteiger partial charge in [0.2, 0.25) is 11.6 Å². The Morgan fingerprint density at radius 3 is 1.27 bits per heavy atom. The van der Waals surface area contributed by atoms with Gasteiger partial charge in [0, 0.05) is 11.1 Å². The lowest BCUT2D eigenvalue weighted by Crippen LogP contribution is -2.14. The highest BCUT2D eigenvalue weighted by Crippen LogP contribution is 2.07. The Labute approximate surface area is 127 Å². The molecule has 6 heteroatoms. The summed E-state index contributed by atoms with van der Waals surface area (Å²) in [4.78, 5) is 23.6. The minimum Gasteiger partial charge on any atom is -0.411 e. The first-order valence-corrected chi connectivity index (χ1v) is 6.23. The summed E-state index contributed by atoms with van der Waals surface area (Å²) in [5.41, 5.74) is 0.854. The zero-order valence-electron chi connectivity index (χ0n) is 11.5. The summed E-state index contributed by atoms with van der Waals surface area (Å²) < 4.78 is 0. The van der Waals surface area contributed by atoms with E-state index in [1.165, 1.54) is 0 Å². The van der Waals surface area contributed by atoms with E-state index in [1.807, 2.05) is 12.1 Å². The Morgan fingerprint density at radius 1 is 0.682 bits per heavy atom. The third-order valence-electron chi connectivity index (χ3n) is 2.48. The first-order chi connectivity index (χ1) is 10.7. The average Bonchev–Trinajstić information content (AvgIpc) is 2.60. The zero-order valence-corrected chi connectivity index (χ0v) is 11.5. The van der Waals surface area contributed by atoms with Crippen molar-refractivity contribution in [3.05, 3.63) is 71.8 Å². The SMILES string of the molecule is O/N=C\C=N/O.O=C(C(=O)c1ccccc1)c1ccccc1. The van der Waals surface area contributed by atoms with E-state index in [1.54, 1.807) is 48.5 Å². The van der Waals surface area contributed by atoms with Gasteiger partial charge in [-0.3, -0.25) is 9.59 Å². The van der Waals surface area contributed by atoms with E-state index in [2.05, 4.69) is 10.3 Å². The summed E-state index contributed by atoms with van der Waals surface area (Å²) in [6, 6.07) is 17.2. The minimum absolute atomic E-state index is 0.427. The monoisotopic (exact) mass is 298 g/mol. The number of carbonyl (C=O) groups excluding carboxylic acids is 2. The minimum atomic E-state index is -0.466. The van der Waals surface area contributed by atoms with Gasteiger partial charge in [0.05, 0.1) is 12.4 Å². The van der Waals surface area contributed by atoms with Crippen molar-refractivity contribution < 1.29 is 20.0 Å².